The number of hydroxylamine groups is 1. The van der Waals surface area contributed by atoms with E-state index in [4.69, 9.17) is 9.76 Å². The molecule has 0 saturated heterocycles. The van der Waals surface area contributed by atoms with Gasteiger partial charge in [0.2, 0.25) is 0 Å². The van der Waals surface area contributed by atoms with Crippen LogP contribution in [0.4, 0.5) is 0 Å². The second kappa shape index (κ2) is 5.47. The minimum Gasteiger partial charge on any atom is -0.298 e. The van der Waals surface area contributed by atoms with Gasteiger partial charge in [0.05, 0.1) is 0 Å². The van der Waals surface area contributed by atoms with Gasteiger partial charge in [-0.1, -0.05) is 30.7 Å². The lowest BCUT2D eigenvalue weighted by molar-refractivity contribution is -0.00785. The van der Waals surface area contributed by atoms with E-state index < -0.39 is 10.3 Å². The molecule has 0 heterocycles. The SMILES string of the molecule is CCCCCCN(O)S(=O)(=O)O. The van der Waals surface area contributed by atoms with E-state index in [1.807, 2.05) is 6.92 Å². The number of nitrogens with zero attached hydrogens (tertiary/aromatic N) is 1. The lowest BCUT2D eigenvalue weighted by Crippen LogP contribution is -2.27. The Bertz CT molecular complexity index is 202. The number of hydrogen-bond donors (Lipinski definition) is 2. The fourth-order valence-electron chi connectivity index (χ4n) is 0.789. The highest BCUT2D eigenvalue weighted by Crippen LogP contribution is 2.01. The zero-order valence-electron chi connectivity index (χ0n) is 7.10. The van der Waals surface area contributed by atoms with Crippen LogP contribution in [0.3, 0.4) is 0 Å². The van der Waals surface area contributed by atoms with Gasteiger partial charge in [0.1, 0.15) is 0 Å². The predicted octanol–water partition coefficient (Wildman–Crippen LogP) is 1.06. The maximum Gasteiger partial charge on any atom is 0.358 e. The summed E-state index contributed by atoms with van der Waals surface area (Å²) in [5, 5.41) is 8.68. The first kappa shape index (κ1) is 11.8. The Balaban J connectivity index is 3.52. The van der Waals surface area contributed by atoms with Crippen LogP contribution in [0.2, 0.25) is 0 Å². The smallest absolute Gasteiger partial charge is 0.298 e. The molecule has 0 aromatic rings. The van der Waals surface area contributed by atoms with E-state index in [1.165, 1.54) is 0 Å². The molecule has 0 spiro atoms. The normalized spacial score (nSPS) is 12.3. The van der Waals surface area contributed by atoms with Crippen molar-refractivity contribution in [1.29, 1.82) is 0 Å². The van der Waals surface area contributed by atoms with Crippen molar-refractivity contribution in [2.75, 3.05) is 6.54 Å². The topological polar surface area (TPSA) is 77.8 Å². The third kappa shape index (κ3) is 5.48. The van der Waals surface area contributed by atoms with Crippen molar-refractivity contribution >= 4 is 10.3 Å². The predicted molar refractivity (Wildman–Crippen MR) is 44.2 cm³/mol. The molecular weight excluding hydrogens is 182 g/mol. The van der Waals surface area contributed by atoms with Crippen LogP contribution in [0.25, 0.3) is 0 Å². The second-order valence-electron chi connectivity index (χ2n) is 2.58. The van der Waals surface area contributed by atoms with E-state index >= 15 is 0 Å². The molecule has 0 aliphatic heterocycles. The molecule has 0 radical (unpaired) electrons. The molecule has 0 aliphatic rings. The third-order valence-electron chi connectivity index (χ3n) is 1.47. The summed E-state index contributed by atoms with van der Waals surface area (Å²) in [4.78, 5) is 0. The molecule has 5 nitrogen and oxygen atoms in total. The molecule has 0 amide bonds. The summed E-state index contributed by atoms with van der Waals surface area (Å²) in [7, 11) is -4.40. The Hall–Kier alpha value is -0.170. The number of hydrogen-bond acceptors (Lipinski definition) is 3. The van der Waals surface area contributed by atoms with Crippen LogP contribution < -0.4 is 0 Å². The fraction of sp³-hybridized carbons (Fsp3) is 1.00. The molecule has 2 N–H and O–H groups in total. The monoisotopic (exact) mass is 197 g/mol. The third-order valence-corrected chi connectivity index (χ3v) is 2.18. The molecule has 74 valence electrons. The lowest BCUT2D eigenvalue weighted by Gasteiger charge is -2.09. The Morgan fingerprint density at radius 2 is 1.83 bits per heavy atom. The Labute approximate surface area is 72.8 Å². The first-order chi connectivity index (χ1) is 5.48. The quantitative estimate of drug-likeness (QED) is 0.379. The van der Waals surface area contributed by atoms with Crippen molar-refractivity contribution < 1.29 is 18.2 Å². The summed E-state index contributed by atoms with van der Waals surface area (Å²) < 4.78 is 28.7. The summed E-state index contributed by atoms with van der Waals surface area (Å²) in [6.45, 7) is 1.98. The average molecular weight is 197 g/mol. The standard InChI is InChI=1S/C6H15NO4S/c1-2-3-4-5-6-7(8)12(9,10)11/h8H,2-6H2,1H3,(H,9,10,11). The Kier molecular flexibility index (Phi) is 5.39. The molecule has 0 aromatic carbocycles. The van der Waals surface area contributed by atoms with Crippen LogP contribution >= 0.6 is 0 Å². The van der Waals surface area contributed by atoms with Gasteiger partial charge in [-0.25, -0.2) is 0 Å². The maximum atomic E-state index is 10.2. The molecule has 0 unspecified atom stereocenters. The van der Waals surface area contributed by atoms with Crippen LogP contribution in [0.5, 0.6) is 0 Å². The summed E-state index contributed by atoms with van der Waals surface area (Å²) in [6, 6.07) is 0. The highest BCUT2D eigenvalue weighted by molar-refractivity contribution is 7.83. The molecule has 12 heavy (non-hydrogen) atoms. The van der Waals surface area contributed by atoms with Gasteiger partial charge in [-0.15, -0.1) is 0 Å². The van der Waals surface area contributed by atoms with Gasteiger partial charge in [0.25, 0.3) is 0 Å². The Morgan fingerprint density at radius 3 is 2.25 bits per heavy atom. The van der Waals surface area contributed by atoms with Crippen LogP contribution in [0, 0.1) is 0 Å². The summed E-state index contributed by atoms with van der Waals surface area (Å²) in [5.74, 6) is 0. The zero-order valence-corrected chi connectivity index (χ0v) is 7.92. The van der Waals surface area contributed by atoms with Gasteiger partial charge in [-0.3, -0.25) is 9.76 Å². The molecule has 0 aliphatic carbocycles. The van der Waals surface area contributed by atoms with Gasteiger partial charge in [0, 0.05) is 6.54 Å². The molecule has 0 fully saturated rings. The van der Waals surface area contributed by atoms with Crippen molar-refractivity contribution in [2.45, 2.75) is 32.6 Å². The molecule has 0 aromatic heterocycles. The van der Waals surface area contributed by atoms with E-state index in [9.17, 15) is 8.42 Å². The summed E-state index contributed by atoms with van der Waals surface area (Å²) in [5.41, 5.74) is 0. The molecule has 0 atom stereocenters. The largest absolute Gasteiger partial charge is 0.358 e. The highest BCUT2D eigenvalue weighted by atomic mass is 32.2. The van der Waals surface area contributed by atoms with Gasteiger partial charge >= 0.3 is 10.3 Å². The van der Waals surface area contributed by atoms with Crippen LogP contribution in [0.1, 0.15) is 32.6 Å². The van der Waals surface area contributed by atoms with E-state index in [0.717, 1.165) is 19.3 Å². The number of rotatable bonds is 6. The van der Waals surface area contributed by atoms with Gasteiger partial charge < -0.3 is 0 Å². The van der Waals surface area contributed by atoms with Crippen LogP contribution in [0.15, 0.2) is 0 Å². The van der Waals surface area contributed by atoms with E-state index in [2.05, 4.69) is 0 Å². The molecule has 0 saturated carbocycles. The molecular formula is C6H15NO4S. The second-order valence-corrected chi connectivity index (χ2v) is 3.90. The van der Waals surface area contributed by atoms with Gasteiger partial charge in [-0.2, -0.15) is 8.42 Å². The van der Waals surface area contributed by atoms with E-state index in [-0.39, 0.29) is 11.0 Å². The van der Waals surface area contributed by atoms with E-state index in [1.54, 1.807) is 0 Å². The summed E-state index contributed by atoms with van der Waals surface area (Å²) in [6.07, 6.45) is 3.45. The fourth-order valence-corrected chi connectivity index (χ4v) is 1.15. The van der Waals surface area contributed by atoms with Gasteiger partial charge in [-0.05, 0) is 6.42 Å². The minimum absolute atomic E-state index is 0.0390. The maximum absolute atomic E-state index is 10.2. The lowest BCUT2D eigenvalue weighted by atomic mass is 10.2. The van der Waals surface area contributed by atoms with Crippen molar-refractivity contribution in [1.82, 2.24) is 4.47 Å². The van der Waals surface area contributed by atoms with Gasteiger partial charge in [0.15, 0.2) is 0 Å². The zero-order chi connectivity index (χ0) is 9.61. The minimum atomic E-state index is -4.40. The molecule has 0 bridgehead atoms. The first-order valence-corrected chi connectivity index (χ1v) is 5.32. The van der Waals surface area contributed by atoms with Crippen molar-refractivity contribution in [3.63, 3.8) is 0 Å². The Morgan fingerprint density at radius 1 is 1.25 bits per heavy atom. The van der Waals surface area contributed by atoms with Crippen molar-refractivity contribution in [2.24, 2.45) is 0 Å². The van der Waals surface area contributed by atoms with E-state index in [0.29, 0.717) is 6.42 Å². The van der Waals surface area contributed by atoms with Crippen molar-refractivity contribution in [3.05, 3.63) is 0 Å². The number of unbranched alkanes of at least 4 members (excludes halogenated alkanes) is 3. The molecule has 0 rings (SSSR count). The average Bonchev–Trinajstić information content (AvgIpc) is 1.96. The highest BCUT2D eigenvalue weighted by Gasteiger charge is 2.14. The van der Waals surface area contributed by atoms with Crippen LogP contribution in [-0.2, 0) is 10.3 Å². The van der Waals surface area contributed by atoms with Crippen LogP contribution in [-0.4, -0.2) is 29.2 Å². The molecule has 6 heteroatoms. The summed E-state index contributed by atoms with van der Waals surface area (Å²) >= 11 is 0. The first-order valence-electron chi connectivity index (χ1n) is 3.92. The van der Waals surface area contributed by atoms with Crippen molar-refractivity contribution in [3.8, 4) is 0 Å².